The quantitative estimate of drug-likeness (QED) is 0.824. The Kier molecular flexibility index (Phi) is 5.45. The fourth-order valence-corrected chi connectivity index (χ4v) is 2.25. The molecule has 3 heteroatoms. The van der Waals surface area contributed by atoms with Crippen molar-refractivity contribution >= 4 is 0 Å². The van der Waals surface area contributed by atoms with E-state index in [0.717, 1.165) is 18.7 Å². The van der Waals surface area contributed by atoms with Gasteiger partial charge >= 0.3 is 0 Å². The van der Waals surface area contributed by atoms with Gasteiger partial charge in [0.05, 0.1) is 7.11 Å². The second kappa shape index (κ2) is 6.62. The molecule has 3 nitrogen and oxygen atoms in total. The van der Waals surface area contributed by atoms with Gasteiger partial charge in [-0.05, 0) is 44.6 Å². The minimum atomic E-state index is 0.111. The van der Waals surface area contributed by atoms with Gasteiger partial charge in [-0.3, -0.25) is 4.90 Å². The molecule has 0 aliphatic carbocycles. The number of ether oxygens (including phenoxy) is 1. The molecule has 0 heterocycles. The van der Waals surface area contributed by atoms with Crippen LogP contribution < -0.4 is 10.5 Å². The van der Waals surface area contributed by atoms with Gasteiger partial charge in [0.15, 0.2) is 0 Å². The highest BCUT2D eigenvalue weighted by Gasteiger charge is 2.20. The monoisotopic (exact) mass is 236 g/mol. The molecule has 2 unspecified atom stereocenters. The Hall–Kier alpha value is -1.06. The van der Waals surface area contributed by atoms with Crippen molar-refractivity contribution in [1.29, 1.82) is 0 Å². The number of methoxy groups -OCH3 is 1. The van der Waals surface area contributed by atoms with Crippen molar-refractivity contribution in [2.45, 2.75) is 32.4 Å². The van der Waals surface area contributed by atoms with Crippen LogP contribution in [0.15, 0.2) is 24.3 Å². The van der Waals surface area contributed by atoms with Gasteiger partial charge in [-0.25, -0.2) is 0 Å². The Morgan fingerprint density at radius 2 is 1.88 bits per heavy atom. The molecule has 0 saturated carbocycles. The molecule has 2 atom stereocenters. The molecule has 0 saturated heterocycles. The first-order valence-electron chi connectivity index (χ1n) is 6.20. The average molecular weight is 236 g/mol. The summed E-state index contributed by atoms with van der Waals surface area (Å²) in [6, 6.07) is 8.55. The summed E-state index contributed by atoms with van der Waals surface area (Å²) in [5.41, 5.74) is 7.34. The number of nitrogens with zero attached hydrogens (tertiary/aromatic N) is 1. The summed E-state index contributed by atoms with van der Waals surface area (Å²) in [6.07, 6.45) is 1.13. The number of likely N-dealkylation sites (N-methyl/N-ethyl adjacent to an activating group) is 1. The Labute approximate surface area is 105 Å². The minimum absolute atomic E-state index is 0.111. The van der Waals surface area contributed by atoms with Crippen LogP contribution in [0.4, 0.5) is 0 Å². The van der Waals surface area contributed by atoms with Crippen LogP contribution in [-0.2, 0) is 0 Å². The second-order valence-corrected chi connectivity index (χ2v) is 4.56. The van der Waals surface area contributed by atoms with Crippen LogP contribution in [0.5, 0.6) is 5.75 Å². The molecular weight excluding hydrogens is 212 g/mol. The topological polar surface area (TPSA) is 38.5 Å². The molecule has 0 fully saturated rings. The molecule has 0 amide bonds. The first-order valence-corrected chi connectivity index (χ1v) is 6.20. The number of rotatable bonds is 6. The SMILES string of the molecule is CCCN(C)C(c1ccc(OC)cc1)C(C)N. The molecule has 0 radical (unpaired) electrons. The molecular formula is C14H24N2O. The third-order valence-corrected chi connectivity index (χ3v) is 3.01. The highest BCUT2D eigenvalue weighted by molar-refractivity contribution is 5.29. The van der Waals surface area contributed by atoms with Crippen molar-refractivity contribution in [3.05, 3.63) is 29.8 Å². The normalized spacial score (nSPS) is 14.7. The Balaban J connectivity index is 2.89. The van der Waals surface area contributed by atoms with Crippen LogP contribution in [0, 0.1) is 0 Å². The lowest BCUT2D eigenvalue weighted by atomic mass is 9.99. The predicted octanol–water partition coefficient (Wildman–Crippen LogP) is 2.43. The number of nitrogens with two attached hydrogens (primary N) is 1. The summed E-state index contributed by atoms with van der Waals surface area (Å²) < 4.78 is 5.17. The first kappa shape index (κ1) is 14.0. The van der Waals surface area contributed by atoms with Crippen LogP contribution in [0.3, 0.4) is 0 Å². The molecule has 0 bridgehead atoms. The van der Waals surface area contributed by atoms with E-state index in [1.54, 1.807) is 7.11 Å². The van der Waals surface area contributed by atoms with Crippen molar-refractivity contribution in [2.24, 2.45) is 5.73 Å². The van der Waals surface area contributed by atoms with Crippen LogP contribution >= 0.6 is 0 Å². The van der Waals surface area contributed by atoms with E-state index < -0.39 is 0 Å². The molecule has 0 aromatic heterocycles. The molecule has 1 aromatic rings. The fraction of sp³-hybridized carbons (Fsp3) is 0.571. The van der Waals surface area contributed by atoms with Crippen molar-refractivity contribution in [3.8, 4) is 5.75 Å². The average Bonchev–Trinajstić information content (AvgIpc) is 2.30. The lowest BCUT2D eigenvalue weighted by Gasteiger charge is -2.31. The molecule has 0 aliphatic heterocycles. The second-order valence-electron chi connectivity index (χ2n) is 4.56. The smallest absolute Gasteiger partial charge is 0.118 e. The number of benzene rings is 1. The maximum absolute atomic E-state index is 6.10. The summed E-state index contributed by atoms with van der Waals surface area (Å²) in [7, 11) is 3.81. The minimum Gasteiger partial charge on any atom is -0.497 e. The summed E-state index contributed by atoms with van der Waals surface area (Å²) in [4.78, 5) is 2.31. The van der Waals surface area contributed by atoms with E-state index in [1.165, 1.54) is 5.56 Å². The number of hydrogen-bond acceptors (Lipinski definition) is 3. The molecule has 96 valence electrons. The molecule has 1 aromatic carbocycles. The summed E-state index contributed by atoms with van der Waals surface area (Å²) in [5.74, 6) is 0.885. The van der Waals surface area contributed by atoms with E-state index >= 15 is 0 Å². The van der Waals surface area contributed by atoms with Gasteiger partial charge in [0, 0.05) is 12.1 Å². The fourth-order valence-electron chi connectivity index (χ4n) is 2.25. The Bertz CT molecular complexity index is 321. The van der Waals surface area contributed by atoms with Gasteiger partial charge in [0.2, 0.25) is 0 Å². The zero-order valence-electron chi connectivity index (χ0n) is 11.3. The third kappa shape index (κ3) is 3.72. The van der Waals surface area contributed by atoms with E-state index in [0.29, 0.717) is 0 Å². The maximum Gasteiger partial charge on any atom is 0.118 e. The maximum atomic E-state index is 6.10. The Morgan fingerprint density at radius 1 is 1.29 bits per heavy atom. The van der Waals surface area contributed by atoms with Gasteiger partial charge in [-0.1, -0.05) is 19.1 Å². The zero-order chi connectivity index (χ0) is 12.8. The van der Waals surface area contributed by atoms with Gasteiger partial charge in [0.25, 0.3) is 0 Å². The molecule has 0 aliphatic rings. The molecule has 17 heavy (non-hydrogen) atoms. The lowest BCUT2D eigenvalue weighted by molar-refractivity contribution is 0.219. The molecule has 0 spiro atoms. The van der Waals surface area contributed by atoms with Crippen molar-refractivity contribution < 1.29 is 4.74 Å². The standard InChI is InChI=1S/C14H24N2O/c1-5-10-16(3)14(11(2)15)12-6-8-13(17-4)9-7-12/h6-9,11,14H,5,10,15H2,1-4H3. The Morgan fingerprint density at radius 3 is 2.29 bits per heavy atom. The first-order chi connectivity index (χ1) is 8.10. The van der Waals surface area contributed by atoms with Gasteiger partial charge in [0.1, 0.15) is 5.75 Å². The van der Waals surface area contributed by atoms with E-state index in [9.17, 15) is 0 Å². The van der Waals surface area contributed by atoms with Crippen LogP contribution in [0.1, 0.15) is 31.9 Å². The van der Waals surface area contributed by atoms with E-state index in [-0.39, 0.29) is 12.1 Å². The predicted molar refractivity (Wildman–Crippen MR) is 72.3 cm³/mol. The summed E-state index contributed by atoms with van der Waals surface area (Å²) in [6.45, 7) is 5.29. The van der Waals surface area contributed by atoms with Crippen molar-refractivity contribution in [1.82, 2.24) is 4.90 Å². The molecule has 1 rings (SSSR count). The van der Waals surface area contributed by atoms with E-state index in [2.05, 4.69) is 37.9 Å². The highest BCUT2D eigenvalue weighted by Crippen LogP contribution is 2.24. The third-order valence-electron chi connectivity index (χ3n) is 3.01. The van der Waals surface area contributed by atoms with Crippen molar-refractivity contribution in [2.75, 3.05) is 20.7 Å². The van der Waals surface area contributed by atoms with Gasteiger partial charge in [-0.2, -0.15) is 0 Å². The lowest BCUT2D eigenvalue weighted by Crippen LogP contribution is -2.37. The van der Waals surface area contributed by atoms with Crippen LogP contribution in [-0.4, -0.2) is 31.6 Å². The van der Waals surface area contributed by atoms with Gasteiger partial charge in [-0.15, -0.1) is 0 Å². The number of hydrogen-bond donors (Lipinski definition) is 1. The summed E-state index contributed by atoms with van der Waals surface area (Å²) in [5, 5.41) is 0. The van der Waals surface area contributed by atoms with E-state index in [4.69, 9.17) is 10.5 Å². The van der Waals surface area contributed by atoms with Gasteiger partial charge < -0.3 is 10.5 Å². The van der Waals surface area contributed by atoms with Crippen molar-refractivity contribution in [3.63, 3.8) is 0 Å². The highest BCUT2D eigenvalue weighted by atomic mass is 16.5. The summed E-state index contributed by atoms with van der Waals surface area (Å²) >= 11 is 0. The zero-order valence-corrected chi connectivity index (χ0v) is 11.3. The largest absolute Gasteiger partial charge is 0.497 e. The van der Waals surface area contributed by atoms with Crippen LogP contribution in [0.2, 0.25) is 0 Å². The van der Waals surface area contributed by atoms with Crippen LogP contribution in [0.25, 0.3) is 0 Å². The molecule has 2 N–H and O–H groups in total. The van der Waals surface area contributed by atoms with E-state index in [1.807, 2.05) is 12.1 Å².